The van der Waals surface area contributed by atoms with E-state index in [1.54, 1.807) is 17.9 Å². The molecule has 0 unspecified atom stereocenters. The van der Waals surface area contributed by atoms with Crippen LogP contribution in [0, 0.1) is 0 Å². The third-order valence-electron chi connectivity index (χ3n) is 4.85. The van der Waals surface area contributed by atoms with Gasteiger partial charge in [-0.3, -0.25) is 4.90 Å². The number of amides is 1. The Balaban J connectivity index is 1.87. The molecule has 1 amide bonds. The number of hydrogen-bond acceptors (Lipinski definition) is 3. The van der Waals surface area contributed by atoms with Crippen molar-refractivity contribution in [3.05, 3.63) is 71.3 Å². The average Bonchev–Trinajstić information content (AvgIpc) is 2.69. The molecule has 1 saturated heterocycles. The molecular weight excluding hydrogens is 369 g/mol. The van der Waals surface area contributed by atoms with E-state index in [0.29, 0.717) is 38.3 Å². The predicted molar refractivity (Wildman–Crippen MR) is 99.9 cm³/mol. The van der Waals surface area contributed by atoms with Crippen molar-refractivity contribution in [1.82, 2.24) is 9.80 Å². The number of ether oxygens (including phenoxy) is 1. The highest BCUT2D eigenvalue weighted by Crippen LogP contribution is 2.34. The Morgan fingerprint density at radius 2 is 1.64 bits per heavy atom. The minimum Gasteiger partial charge on any atom is -0.450 e. The van der Waals surface area contributed by atoms with Gasteiger partial charge in [0, 0.05) is 26.2 Å². The molecule has 0 bridgehead atoms. The molecule has 0 N–H and O–H groups in total. The lowest BCUT2D eigenvalue weighted by atomic mass is 9.95. The number of piperazine rings is 1. The minimum atomic E-state index is -4.39. The van der Waals surface area contributed by atoms with Crippen molar-refractivity contribution in [3.8, 4) is 0 Å². The molecule has 0 aromatic heterocycles. The van der Waals surface area contributed by atoms with Crippen LogP contribution in [0.1, 0.15) is 29.7 Å². The summed E-state index contributed by atoms with van der Waals surface area (Å²) in [4.78, 5) is 15.7. The van der Waals surface area contributed by atoms with Gasteiger partial charge >= 0.3 is 12.3 Å². The SMILES string of the molecule is CCOC(=O)N1CCN([C@@H](c2ccccc2)c2cccc(C(F)(F)F)c2)CC1. The number of rotatable bonds is 4. The third kappa shape index (κ3) is 4.65. The van der Waals surface area contributed by atoms with Crippen molar-refractivity contribution in [1.29, 1.82) is 0 Å². The van der Waals surface area contributed by atoms with E-state index in [1.165, 1.54) is 12.1 Å². The zero-order valence-corrected chi connectivity index (χ0v) is 15.7. The lowest BCUT2D eigenvalue weighted by molar-refractivity contribution is -0.137. The molecule has 1 aliphatic rings. The maximum Gasteiger partial charge on any atom is 0.416 e. The topological polar surface area (TPSA) is 32.8 Å². The highest BCUT2D eigenvalue weighted by Gasteiger charge is 2.33. The second-order valence-electron chi connectivity index (χ2n) is 6.66. The molecule has 1 fully saturated rings. The van der Waals surface area contributed by atoms with Crippen LogP contribution in [0.2, 0.25) is 0 Å². The standard InChI is InChI=1S/C21H23F3N2O2/c1-2-28-20(27)26-13-11-25(12-14-26)19(16-7-4-3-5-8-16)17-9-6-10-18(15-17)21(22,23)24/h3-10,15,19H,2,11-14H2,1H3/t19-/m0/s1. The van der Waals surface area contributed by atoms with Gasteiger partial charge in [-0.1, -0.05) is 42.5 Å². The molecule has 0 spiro atoms. The van der Waals surface area contributed by atoms with Crippen molar-refractivity contribution in [2.45, 2.75) is 19.1 Å². The predicted octanol–water partition coefficient (Wildman–Crippen LogP) is 4.57. The summed E-state index contributed by atoms with van der Waals surface area (Å²) in [6.45, 7) is 4.12. The van der Waals surface area contributed by atoms with Crippen LogP contribution in [0.5, 0.6) is 0 Å². The number of carbonyl (C=O) groups is 1. The number of benzene rings is 2. The van der Waals surface area contributed by atoms with E-state index < -0.39 is 11.7 Å². The van der Waals surface area contributed by atoms with E-state index in [-0.39, 0.29) is 12.1 Å². The molecule has 3 rings (SSSR count). The summed E-state index contributed by atoms with van der Waals surface area (Å²) in [6.07, 6.45) is -4.74. The summed E-state index contributed by atoms with van der Waals surface area (Å²) < 4.78 is 44.7. The largest absolute Gasteiger partial charge is 0.450 e. The number of carbonyl (C=O) groups excluding carboxylic acids is 1. The first-order valence-electron chi connectivity index (χ1n) is 9.28. The number of halogens is 3. The van der Waals surface area contributed by atoms with E-state index >= 15 is 0 Å². The molecule has 28 heavy (non-hydrogen) atoms. The summed E-state index contributed by atoms with van der Waals surface area (Å²) >= 11 is 0. The van der Waals surface area contributed by atoms with Gasteiger partial charge < -0.3 is 9.64 Å². The van der Waals surface area contributed by atoms with E-state index in [1.807, 2.05) is 30.3 Å². The maximum atomic E-state index is 13.2. The average molecular weight is 392 g/mol. The molecule has 1 heterocycles. The van der Waals surface area contributed by atoms with Gasteiger partial charge in [-0.25, -0.2) is 4.79 Å². The lowest BCUT2D eigenvalue weighted by Gasteiger charge is -2.39. The summed E-state index contributed by atoms with van der Waals surface area (Å²) in [5.41, 5.74) is 0.855. The lowest BCUT2D eigenvalue weighted by Crippen LogP contribution is -2.50. The van der Waals surface area contributed by atoms with Crippen LogP contribution >= 0.6 is 0 Å². The third-order valence-corrected chi connectivity index (χ3v) is 4.85. The fraction of sp³-hybridized carbons (Fsp3) is 0.381. The van der Waals surface area contributed by atoms with Gasteiger partial charge in [0.2, 0.25) is 0 Å². The Hall–Kier alpha value is -2.54. The van der Waals surface area contributed by atoms with Crippen molar-refractivity contribution in [2.75, 3.05) is 32.8 Å². The van der Waals surface area contributed by atoms with Gasteiger partial charge in [-0.15, -0.1) is 0 Å². The minimum absolute atomic E-state index is 0.312. The van der Waals surface area contributed by atoms with Gasteiger partial charge in [0.05, 0.1) is 18.2 Å². The Labute approximate surface area is 162 Å². The Bertz CT molecular complexity index is 788. The quantitative estimate of drug-likeness (QED) is 0.764. The normalized spacial score (nSPS) is 16.6. The first-order chi connectivity index (χ1) is 13.4. The van der Waals surface area contributed by atoms with Crippen LogP contribution in [0.25, 0.3) is 0 Å². The summed E-state index contributed by atoms with van der Waals surface area (Å²) in [7, 11) is 0. The van der Waals surface area contributed by atoms with Crippen LogP contribution in [0.3, 0.4) is 0 Å². The zero-order valence-electron chi connectivity index (χ0n) is 15.7. The highest BCUT2D eigenvalue weighted by atomic mass is 19.4. The molecule has 1 atom stereocenters. The molecule has 2 aromatic carbocycles. The van der Waals surface area contributed by atoms with Crippen molar-refractivity contribution < 1.29 is 22.7 Å². The Kier molecular flexibility index (Phi) is 6.24. The second kappa shape index (κ2) is 8.65. The van der Waals surface area contributed by atoms with E-state index in [0.717, 1.165) is 11.6 Å². The maximum absolute atomic E-state index is 13.2. The van der Waals surface area contributed by atoms with Gasteiger partial charge in [0.15, 0.2) is 0 Å². The van der Waals surface area contributed by atoms with Crippen molar-refractivity contribution >= 4 is 6.09 Å². The van der Waals surface area contributed by atoms with Crippen molar-refractivity contribution in [2.24, 2.45) is 0 Å². The summed E-state index contributed by atoms with van der Waals surface area (Å²) in [5.74, 6) is 0. The van der Waals surface area contributed by atoms with Crippen LogP contribution < -0.4 is 0 Å². The van der Waals surface area contributed by atoms with Crippen molar-refractivity contribution in [3.63, 3.8) is 0 Å². The highest BCUT2D eigenvalue weighted by molar-refractivity contribution is 5.67. The fourth-order valence-corrected chi connectivity index (χ4v) is 3.51. The van der Waals surface area contributed by atoms with E-state index in [9.17, 15) is 18.0 Å². The van der Waals surface area contributed by atoms with Crippen LogP contribution in [-0.4, -0.2) is 48.7 Å². The molecule has 2 aromatic rings. The molecule has 0 radical (unpaired) electrons. The molecule has 7 heteroatoms. The molecular formula is C21H23F3N2O2. The number of nitrogens with zero attached hydrogens (tertiary/aromatic N) is 2. The smallest absolute Gasteiger partial charge is 0.416 e. The molecule has 4 nitrogen and oxygen atoms in total. The Morgan fingerprint density at radius 1 is 1.00 bits per heavy atom. The first kappa shape index (κ1) is 20.2. The molecule has 150 valence electrons. The summed E-state index contributed by atoms with van der Waals surface area (Å²) in [5, 5.41) is 0. The first-order valence-corrected chi connectivity index (χ1v) is 9.28. The Morgan fingerprint density at radius 3 is 2.25 bits per heavy atom. The van der Waals surface area contributed by atoms with Gasteiger partial charge in [0.25, 0.3) is 0 Å². The summed E-state index contributed by atoms with van der Waals surface area (Å²) in [6, 6.07) is 14.6. The molecule has 0 saturated carbocycles. The van der Waals surface area contributed by atoms with E-state index in [4.69, 9.17) is 4.74 Å². The van der Waals surface area contributed by atoms with Crippen LogP contribution in [-0.2, 0) is 10.9 Å². The second-order valence-corrected chi connectivity index (χ2v) is 6.66. The van der Waals surface area contributed by atoms with E-state index in [2.05, 4.69) is 4.90 Å². The molecule has 0 aliphatic carbocycles. The van der Waals surface area contributed by atoms with Gasteiger partial charge in [0.1, 0.15) is 0 Å². The van der Waals surface area contributed by atoms with Gasteiger partial charge in [-0.05, 0) is 30.2 Å². The number of hydrogen-bond donors (Lipinski definition) is 0. The molecule has 1 aliphatic heterocycles. The monoisotopic (exact) mass is 392 g/mol. The van der Waals surface area contributed by atoms with Gasteiger partial charge in [-0.2, -0.15) is 13.2 Å². The zero-order chi connectivity index (χ0) is 20.1. The van der Waals surface area contributed by atoms with Crippen LogP contribution in [0.15, 0.2) is 54.6 Å². The fourth-order valence-electron chi connectivity index (χ4n) is 3.51. The van der Waals surface area contributed by atoms with Crippen LogP contribution in [0.4, 0.5) is 18.0 Å². The number of alkyl halides is 3.